The van der Waals surface area contributed by atoms with Gasteiger partial charge in [-0.2, -0.15) is 11.8 Å². The second-order valence-electron chi connectivity index (χ2n) is 6.11. The van der Waals surface area contributed by atoms with Gasteiger partial charge in [0.2, 0.25) is 0 Å². The number of nitrogens with zero attached hydrogens (tertiary/aromatic N) is 1. The molecule has 0 aliphatic carbocycles. The Morgan fingerprint density at radius 2 is 1.88 bits per heavy atom. The largest absolute Gasteiger partial charge is 0.481 e. The van der Waals surface area contributed by atoms with Crippen LogP contribution >= 0.6 is 11.8 Å². The lowest BCUT2D eigenvalue weighted by Crippen LogP contribution is -2.40. The van der Waals surface area contributed by atoms with Crippen LogP contribution in [0.5, 0.6) is 0 Å². The van der Waals surface area contributed by atoms with Crippen molar-refractivity contribution in [1.82, 2.24) is 4.90 Å². The summed E-state index contributed by atoms with van der Waals surface area (Å²) in [6.45, 7) is 2.78. The lowest BCUT2D eigenvalue weighted by Gasteiger charge is -2.33. The number of carboxylic acids is 1. The number of carbonyl (C=O) groups excluding carboxylic acids is 1. The SMILES string of the molecule is CCSCc1ccc(C(=O)N2Cc3ccccc3C(C(=O)O)C2)cc1. The first-order valence-corrected chi connectivity index (χ1v) is 9.52. The van der Waals surface area contributed by atoms with Crippen molar-refractivity contribution in [2.75, 3.05) is 12.3 Å². The highest BCUT2D eigenvalue weighted by Gasteiger charge is 2.32. The van der Waals surface area contributed by atoms with Gasteiger partial charge >= 0.3 is 5.97 Å². The van der Waals surface area contributed by atoms with E-state index in [-0.39, 0.29) is 12.5 Å². The number of carbonyl (C=O) groups is 2. The minimum Gasteiger partial charge on any atom is -0.481 e. The highest BCUT2D eigenvalue weighted by Crippen LogP contribution is 2.29. The fourth-order valence-corrected chi connectivity index (χ4v) is 3.75. The average molecular weight is 355 g/mol. The van der Waals surface area contributed by atoms with Gasteiger partial charge in [0, 0.05) is 24.4 Å². The van der Waals surface area contributed by atoms with Gasteiger partial charge in [0.15, 0.2) is 0 Å². The van der Waals surface area contributed by atoms with Crippen LogP contribution in [0, 0.1) is 0 Å². The highest BCUT2D eigenvalue weighted by atomic mass is 32.2. The number of hydrogen-bond acceptors (Lipinski definition) is 3. The first-order valence-electron chi connectivity index (χ1n) is 8.36. The van der Waals surface area contributed by atoms with Crippen molar-refractivity contribution in [3.05, 3.63) is 70.8 Å². The summed E-state index contributed by atoms with van der Waals surface area (Å²) in [4.78, 5) is 26.1. The number of fused-ring (bicyclic) bond motifs is 1. The Bertz CT molecular complexity index is 773. The number of aliphatic carboxylic acids is 1. The van der Waals surface area contributed by atoms with E-state index in [2.05, 4.69) is 6.92 Å². The van der Waals surface area contributed by atoms with Crippen LogP contribution < -0.4 is 0 Å². The van der Waals surface area contributed by atoms with E-state index in [1.807, 2.05) is 60.3 Å². The van der Waals surface area contributed by atoms with Crippen molar-refractivity contribution in [2.24, 2.45) is 0 Å². The van der Waals surface area contributed by atoms with Crippen molar-refractivity contribution >= 4 is 23.6 Å². The molecule has 25 heavy (non-hydrogen) atoms. The normalized spacial score (nSPS) is 16.4. The first kappa shape index (κ1) is 17.5. The molecule has 0 aromatic heterocycles. The molecule has 2 aromatic carbocycles. The predicted molar refractivity (Wildman–Crippen MR) is 99.8 cm³/mol. The van der Waals surface area contributed by atoms with E-state index in [9.17, 15) is 14.7 Å². The molecule has 1 unspecified atom stereocenters. The molecule has 0 saturated heterocycles. The maximum absolute atomic E-state index is 12.8. The molecule has 4 nitrogen and oxygen atoms in total. The molecule has 0 fully saturated rings. The summed E-state index contributed by atoms with van der Waals surface area (Å²) in [7, 11) is 0. The van der Waals surface area contributed by atoms with Gasteiger partial charge in [0.1, 0.15) is 0 Å². The zero-order valence-corrected chi connectivity index (χ0v) is 15.0. The third-order valence-corrected chi connectivity index (χ3v) is 5.40. The predicted octanol–water partition coefficient (Wildman–Crippen LogP) is 3.76. The van der Waals surface area contributed by atoms with Gasteiger partial charge in [-0.05, 0) is 34.6 Å². The number of thioether (sulfide) groups is 1. The topological polar surface area (TPSA) is 57.6 Å². The smallest absolute Gasteiger partial charge is 0.312 e. The molecule has 0 saturated carbocycles. The lowest BCUT2D eigenvalue weighted by atomic mass is 9.89. The summed E-state index contributed by atoms with van der Waals surface area (Å²) in [5, 5.41) is 9.53. The van der Waals surface area contributed by atoms with Gasteiger partial charge in [-0.25, -0.2) is 0 Å². The summed E-state index contributed by atoms with van der Waals surface area (Å²) in [6, 6.07) is 15.1. The van der Waals surface area contributed by atoms with Gasteiger partial charge in [0.05, 0.1) is 5.92 Å². The number of rotatable bonds is 5. The summed E-state index contributed by atoms with van der Waals surface area (Å²) in [5.74, 6) is 0.314. The molecule has 3 rings (SSSR count). The Balaban J connectivity index is 1.80. The van der Waals surface area contributed by atoms with Gasteiger partial charge in [0.25, 0.3) is 5.91 Å². The molecule has 0 spiro atoms. The molecule has 1 aliphatic rings. The van der Waals surface area contributed by atoms with Crippen LogP contribution in [-0.2, 0) is 17.1 Å². The average Bonchev–Trinajstić information content (AvgIpc) is 2.65. The van der Waals surface area contributed by atoms with Crippen molar-refractivity contribution in [3.8, 4) is 0 Å². The molecule has 1 aliphatic heterocycles. The highest BCUT2D eigenvalue weighted by molar-refractivity contribution is 7.98. The molecule has 0 radical (unpaired) electrons. The van der Waals surface area contributed by atoms with Crippen molar-refractivity contribution < 1.29 is 14.7 Å². The van der Waals surface area contributed by atoms with Gasteiger partial charge in [-0.15, -0.1) is 0 Å². The molecule has 0 bridgehead atoms. The van der Waals surface area contributed by atoms with Gasteiger partial charge in [-0.3, -0.25) is 9.59 Å². The van der Waals surface area contributed by atoms with E-state index in [4.69, 9.17) is 0 Å². The molecule has 1 N–H and O–H groups in total. The molecule has 1 amide bonds. The van der Waals surface area contributed by atoms with E-state index in [1.165, 1.54) is 5.56 Å². The van der Waals surface area contributed by atoms with Gasteiger partial charge in [-0.1, -0.05) is 43.3 Å². The van der Waals surface area contributed by atoms with Crippen molar-refractivity contribution in [3.63, 3.8) is 0 Å². The van der Waals surface area contributed by atoms with Crippen LogP contribution in [0.3, 0.4) is 0 Å². The molecular weight excluding hydrogens is 334 g/mol. The van der Waals surface area contributed by atoms with Crippen LogP contribution in [0.2, 0.25) is 0 Å². The number of benzene rings is 2. The van der Waals surface area contributed by atoms with Crippen molar-refractivity contribution in [1.29, 1.82) is 0 Å². The van der Waals surface area contributed by atoms with E-state index in [0.29, 0.717) is 12.1 Å². The Labute approximate surface area is 151 Å². The van der Waals surface area contributed by atoms with Gasteiger partial charge < -0.3 is 10.0 Å². The molecule has 5 heteroatoms. The standard InChI is InChI=1S/C20H21NO3S/c1-2-25-13-14-7-9-15(10-8-14)19(22)21-11-16-5-3-4-6-17(16)18(12-21)20(23)24/h3-10,18H,2,11-13H2,1H3,(H,23,24). The van der Waals surface area contributed by atoms with Crippen LogP contribution in [0.25, 0.3) is 0 Å². The maximum atomic E-state index is 12.8. The van der Waals surface area contributed by atoms with E-state index in [1.54, 1.807) is 4.90 Å². The number of amides is 1. The third-order valence-electron chi connectivity index (χ3n) is 4.45. The number of carboxylic acid groups (broad SMARTS) is 1. The molecule has 1 heterocycles. The quantitative estimate of drug-likeness (QED) is 0.887. The summed E-state index contributed by atoms with van der Waals surface area (Å²) in [5.41, 5.74) is 3.51. The minimum atomic E-state index is -0.892. The first-order chi connectivity index (χ1) is 12.1. The maximum Gasteiger partial charge on any atom is 0.312 e. The fraction of sp³-hybridized carbons (Fsp3) is 0.300. The Kier molecular flexibility index (Phi) is 5.43. The Hall–Kier alpha value is -2.27. The van der Waals surface area contributed by atoms with Crippen molar-refractivity contribution in [2.45, 2.75) is 25.1 Å². The number of hydrogen-bond donors (Lipinski definition) is 1. The minimum absolute atomic E-state index is 0.115. The Morgan fingerprint density at radius 1 is 1.16 bits per heavy atom. The second kappa shape index (κ2) is 7.74. The summed E-state index contributed by atoms with van der Waals surface area (Å²) in [6.07, 6.45) is 0. The summed E-state index contributed by atoms with van der Waals surface area (Å²) >= 11 is 1.84. The fourth-order valence-electron chi connectivity index (χ4n) is 3.12. The molecule has 1 atom stereocenters. The van der Waals surface area contributed by atoms with E-state index in [0.717, 1.165) is 22.6 Å². The zero-order chi connectivity index (χ0) is 17.8. The molecule has 130 valence electrons. The van der Waals surface area contributed by atoms with Crippen LogP contribution in [0.1, 0.15) is 39.9 Å². The van der Waals surface area contributed by atoms with Crippen LogP contribution in [0.4, 0.5) is 0 Å². The van der Waals surface area contributed by atoms with E-state index < -0.39 is 11.9 Å². The third kappa shape index (κ3) is 3.87. The molecular formula is C20H21NO3S. The van der Waals surface area contributed by atoms with Crippen LogP contribution in [0.15, 0.2) is 48.5 Å². The van der Waals surface area contributed by atoms with E-state index >= 15 is 0 Å². The zero-order valence-electron chi connectivity index (χ0n) is 14.1. The Morgan fingerprint density at radius 3 is 2.56 bits per heavy atom. The second-order valence-corrected chi connectivity index (χ2v) is 7.38. The monoisotopic (exact) mass is 355 g/mol. The van der Waals surface area contributed by atoms with Crippen LogP contribution in [-0.4, -0.2) is 34.2 Å². The lowest BCUT2D eigenvalue weighted by molar-refractivity contribution is -0.139. The summed E-state index contributed by atoms with van der Waals surface area (Å²) < 4.78 is 0. The molecule has 2 aromatic rings.